The maximum Gasteiger partial charge on any atom is 0.373 e. The summed E-state index contributed by atoms with van der Waals surface area (Å²) in [6.45, 7) is 3.19. The Morgan fingerprint density at radius 2 is 1.75 bits per heavy atom. The van der Waals surface area contributed by atoms with Crippen LogP contribution < -0.4 is 5.32 Å². The molecule has 5 atom stereocenters. The van der Waals surface area contributed by atoms with Gasteiger partial charge in [0.2, 0.25) is 11.7 Å². The van der Waals surface area contributed by atoms with Gasteiger partial charge in [-0.3, -0.25) is 4.79 Å². The molecule has 0 radical (unpaired) electrons. The molecule has 4 N–H and O–H groups in total. The molecule has 4 rings (SSSR count). The van der Waals surface area contributed by atoms with E-state index < -0.39 is 42.3 Å². The summed E-state index contributed by atoms with van der Waals surface area (Å²) in [6.07, 6.45) is -1.55. The van der Waals surface area contributed by atoms with Crippen LogP contribution in [0.3, 0.4) is 0 Å². The largest absolute Gasteiger partial charge is 0.478 e. The molecule has 0 saturated carbocycles. The lowest BCUT2D eigenvalue weighted by atomic mass is 9.93. The normalized spacial score (nSPS) is 20.1. The Balaban J connectivity index is 1.44. The molecule has 3 aromatic rings. The first-order chi connectivity index (χ1) is 19.3. The summed E-state index contributed by atoms with van der Waals surface area (Å²) < 4.78 is 12.2. The summed E-state index contributed by atoms with van der Waals surface area (Å²) in [7, 11) is 0. The van der Waals surface area contributed by atoms with Gasteiger partial charge in [-0.25, -0.2) is 9.48 Å². The minimum absolute atomic E-state index is 0.167. The molecule has 2 aromatic carbocycles. The third-order valence-electron chi connectivity index (χ3n) is 6.54. The molecular weight excluding hydrogens is 516 g/mol. The average molecular weight is 551 g/mol. The molecule has 212 valence electrons. The van der Waals surface area contributed by atoms with Crippen molar-refractivity contribution in [3.8, 4) is 22.4 Å². The summed E-state index contributed by atoms with van der Waals surface area (Å²) in [6, 6.07) is 16.6. The van der Waals surface area contributed by atoms with E-state index >= 15 is 0 Å². The van der Waals surface area contributed by atoms with Crippen LogP contribution in [0.15, 0.2) is 72.6 Å². The maximum atomic E-state index is 12.4. The van der Waals surface area contributed by atoms with Gasteiger partial charge >= 0.3 is 5.97 Å². The van der Waals surface area contributed by atoms with E-state index in [0.717, 1.165) is 29.2 Å². The van der Waals surface area contributed by atoms with Crippen molar-refractivity contribution in [1.29, 1.82) is 0 Å². The van der Waals surface area contributed by atoms with Crippen LogP contribution in [0.2, 0.25) is 0 Å². The fourth-order valence-corrected chi connectivity index (χ4v) is 4.40. The first-order valence-electron chi connectivity index (χ1n) is 13.2. The van der Waals surface area contributed by atoms with E-state index in [9.17, 15) is 24.9 Å². The second-order valence-electron chi connectivity index (χ2n) is 9.65. The number of hydrogen-bond acceptors (Lipinski definition) is 9. The summed E-state index contributed by atoms with van der Waals surface area (Å²) >= 11 is 0. The monoisotopic (exact) mass is 550 g/mol. The van der Waals surface area contributed by atoms with Crippen molar-refractivity contribution >= 4 is 11.9 Å². The molecule has 11 nitrogen and oxygen atoms in total. The lowest BCUT2D eigenvalue weighted by molar-refractivity contribution is -0.153. The number of rotatable bonds is 11. The minimum Gasteiger partial charge on any atom is -0.478 e. The SMILES string of the molecule is CCCCOC(=O)C1=C[C@H](O)[C@@H](NC(C)=O)[C@H]([C@H](O)[C@H](O)Cn2cc(-c3ccc(-c4ccccc4)cc3)nn2)O1. The Hall–Kier alpha value is -4.06. The van der Waals surface area contributed by atoms with E-state index in [1.54, 1.807) is 6.20 Å². The number of amides is 1. The number of nitrogens with one attached hydrogen (secondary N) is 1. The smallest absolute Gasteiger partial charge is 0.373 e. The standard InChI is InChI=1S/C29H34N4O7/c1-3-4-14-39-29(38)25-15-23(35)26(30-18(2)34)28(40-25)27(37)24(36)17-33-16-22(31-32-33)21-12-10-20(11-13-21)19-8-6-5-7-9-19/h5-13,15-16,23-24,26-28,35-37H,3-4,14,17H2,1-2H3,(H,30,34)/t23-,24+,26+,27+,28+/m0/s1. The van der Waals surface area contributed by atoms with Crippen LogP contribution >= 0.6 is 0 Å². The number of carbonyl (C=O) groups excluding carboxylic acids is 2. The molecule has 0 aliphatic carbocycles. The van der Waals surface area contributed by atoms with Crippen LogP contribution in [-0.2, 0) is 25.6 Å². The van der Waals surface area contributed by atoms with Crippen molar-refractivity contribution in [2.75, 3.05) is 6.61 Å². The topological polar surface area (TPSA) is 156 Å². The van der Waals surface area contributed by atoms with Crippen LogP contribution in [0.4, 0.5) is 0 Å². The molecule has 0 bridgehead atoms. The van der Waals surface area contributed by atoms with Gasteiger partial charge in [-0.15, -0.1) is 5.10 Å². The van der Waals surface area contributed by atoms with E-state index in [-0.39, 0.29) is 18.9 Å². The Morgan fingerprint density at radius 3 is 2.42 bits per heavy atom. The highest BCUT2D eigenvalue weighted by Crippen LogP contribution is 2.26. The molecule has 40 heavy (non-hydrogen) atoms. The molecule has 2 heterocycles. The van der Waals surface area contributed by atoms with Crippen LogP contribution in [0.1, 0.15) is 26.7 Å². The van der Waals surface area contributed by atoms with Gasteiger partial charge in [0.05, 0.1) is 25.4 Å². The van der Waals surface area contributed by atoms with Gasteiger partial charge < -0.3 is 30.1 Å². The van der Waals surface area contributed by atoms with Crippen LogP contribution in [0, 0.1) is 0 Å². The second kappa shape index (κ2) is 13.3. The van der Waals surface area contributed by atoms with Gasteiger partial charge in [0.25, 0.3) is 0 Å². The fourth-order valence-electron chi connectivity index (χ4n) is 4.40. The van der Waals surface area contributed by atoms with Crippen molar-refractivity contribution in [1.82, 2.24) is 20.3 Å². The Labute approximate surface area is 232 Å². The van der Waals surface area contributed by atoms with Gasteiger partial charge in [-0.1, -0.05) is 73.2 Å². The number of ether oxygens (including phenoxy) is 2. The highest BCUT2D eigenvalue weighted by molar-refractivity contribution is 5.86. The molecule has 0 unspecified atom stereocenters. The second-order valence-corrected chi connectivity index (χ2v) is 9.65. The third kappa shape index (κ3) is 7.12. The Kier molecular flexibility index (Phi) is 9.65. The van der Waals surface area contributed by atoms with Crippen molar-refractivity contribution in [3.05, 3.63) is 72.6 Å². The number of benzene rings is 2. The molecule has 0 saturated heterocycles. The predicted molar refractivity (Wildman–Crippen MR) is 145 cm³/mol. The van der Waals surface area contributed by atoms with Crippen molar-refractivity contribution < 1.29 is 34.4 Å². The minimum atomic E-state index is -1.61. The number of nitrogens with zero attached hydrogens (tertiary/aromatic N) is 3. The number of unbranched alkanes of at least 4 members (excludes halogenated alkanes) is 1. The molecular formula is C29H34N4O7. The molecule has 1 aliphatic rings. The molecule has 0 spiro atoms. The molecule has 1 aromatic heterocycles. The number of aromatic nitrogens is 3. The highest BCUT2D eigenvalue weighted by atomic mass is 16.6. The van der Waals surface area contributed by atoms with E-state index in [2.05, 4.69) is 15.6 Å². The fraction of sp³-hybridized carbons (Fsp3) is 0.379. The predicted octanol–water partition coefficient (Wildman–Crippen LogP) is 1.83. The van der Waals surface area contributed by atoms with E-state index in [4.69, 9.17) is 9.47 Å². The molecule has 1 aliphatic heterocycles. The zero-order valence-electron chi connectivity index (χ0n) is 22.4. The molecule has 11 heteroatoms. The van der Waals surface area contributed by atoms with E-state index in [1.165, 1.54) is 11.6 Å². The zero-order chi connectivity index (χ0) is 28.6. The highest BCUT2D eigenvalue weighted by Gasteiger charge is 2.43. The van der Waals surface area contributed by atoms with Crippen molar-refractivity contribution in [3.63, 3.8) is 0 Å². The summed E-state index contributed by atoms with van der Waals surface area (Å²) in [5.74, 6) is -1.59. The van der Waals surface area contributed by atoms with Gasteiger partial charge in [0.15, 0.2) is 6.10 Å². The lowest BCUT2D eigenvalue weighted by Crippen LogP contribution is -2.59. The summed E-state index contributed by atoms with van der Waals surface area (Å²) in [5.41, 5.74) is 3.54. The number of aliphatic hydroxyl groups is 3. The Morgan fingerprint density at radius 1 is 1.07 bits per heavy atom. The molecule has 1 amide bonds. The van der Waals surface area contributed by atoms with E-state index in [0.29, 0.717) is 12.1 Å². The number of hydrogen-bond donors (Lipinski definition) is 4. The quantitative estimate of drug-likeness (QED) is 0.207. The summed E-state index contributed by atoms with van der Waals surface area (Å²) in [4.78, 5) is 24.2. The van der Waals surface area contributed by atoms with Crippen LogP contribution in [0.5, 0.6) is 0 Å². The summed E-state index contributed by atoms with van der Waals surface area (Å²) in [5, 5.41) is 43.2. The van der Waals surface area contributed by atoms with Crippen molar-refractivity contribution in [2.45, 2.75) is 63.7 Å². The number of aliphatic hydroxyl groups excluding tert-OH is 3. The zero-order valence-corrected chi connectivity index (χ0v) is 22.4. The Bertz CT molecular complexity index is 1310. The molecule has 0 fully saturated rings. The van der Waals surface area contributed by atoms with Crippen molar-refractivity contribution in [2.24, 2.45) is 0 Å². The van der Waals surface area contributed by atoms with Gasteiger partial charge in [0.1, 0.15) is 24.0 Å². The third-order valence-corrected chi connectivity index (χ3v) is 6.54. The van der Waals surface area contributed by atoms with Gasteiger partial charge in [0, 0.05) is 12.5 Å². The number of carbonyl (C=O) groups is 2. The van der Waals surface area contributed by atoms with Crippen LogP contribution in [0.25, 0.3) is 22.4 Å². The first-order valence-corrected chi connectivity index (χ1v) is 13.2. The van der Waals surface area contributed by atoms with Crippen LogP contribution in [-0.4, -0.2) is 79.3 Å². The first kappa shape index (κ1) is 28.9. The van der Waals surface area contributed by atoms with E-state index in [1.807, 2.05) is 61.5 Å². The average Bonchev–Trinajstić information content (AvgIpc) is 3.42. The van der Waals surface area contributed by atoms with Gasteiger partial charge in [-0.2, -0.15) is 0 Å². The maximum absolute atomic E-state index is 12.4. The lowest BCUT2D eigenvalue weighted by Gasteiger charge is -2.38. The number of esters is 1. The van der Waals surface area contributed by atoms with Gasteiger partial charge in [-0.05, 0) is 23.6 Å².